The first kappa shape index (κ1) is 30.7. The zero-order valence-electron chi connectivity index (χ0n) is 27.1. The fraction of sp³-hybridized carbons (Fsp3) is 0.136. The highest BCUT2D eigenvalue weighted by Gasteiger charge is 2.22. The topological polar surface area (TPSA) is 24.7 Å². The minimum atomic E-state index is 0.0635. The minimum absolute atomic E-state index is 0.0635. The van der Waals surface area contributed by atoms with Crippen molar-refractivity contribution in [1.29, 1.82) is 0 Å². The van der Waals surface area contributed by atoms with Crippen LogP contribution in [-0.4, -0.2) is 12.4 Å². The van der Waals surface area contributed by atoms with Crippen LogP contribution >= 0.6 is 0 Å². The summed E-state index contributed by atoms with van der Waals surface area (Å²) in [6, 6.07) is 51.9. The Bertz CT molecular complexity index is 1730. The largest absolute Gasteiger partial charge is 0.255 e. The second-order valence-corrected chi connectivity index (χ2v) is 12.1. The third kappa shape index (κ3) is 6.82. The van der Waals surface area contributed by atoms with E-state index in [4.69, 9.17) is 9.98 Å². The Kier molecular flexibility index (Phi) is 9.45. The Morgan fingerprint density at radius 3 is 0.957 bits per heavy atom. The van der Waals surface area contributed by atoms with Gasteiger partial charge < -0.3 is 0 Å². The van der Waals surface area contributed by atoms with Gasteiger partial charge in [0, 0.05) is 24.3 Å². The Hall–Kier alpha value is -5.34. The number of benzene rings is 6. The molecule has 226 valence electrons. The molecular weight excluding hydrogens is 556 g/mol. The molecule has 0 spiro atoms. The molecule has 0 amide bonds. The maximum absolute atomic E-state index is 5.10. The van der Waals surface area contributed by atoms with Crippen LogP contribution in [0, 0.1) is 27.7 Å². The summed E-state index contributed by atoms with van der Waals surface area (Å²) in [6.45, 7) is 8.63. The number of nitrogens with zero attached hydrogens (tertiary/aromatic N) is 2. The molecule has 0 fully saturated rings. The van der Waals surface area contributed by atoms with E-state index in [0.29, 0.717) is 0 Å². The van der Waals surface area contributed by atoms with Crippen molar-refractivity contribution in [3.05, 3.63) is 201 Å². The van der Waals surface area contributed by atoms with Gasteiger partial charge in [-0.3, -0.25) is 9.98 Å². The van der Waals surface area contributed by atoms with Crippen molar-refractivity contribution in [2.75, 3.05) is 0 Å². The van der Waals surface area contributed by atoms with Gasteiger partial charge in [-0.25, -0.2) is 0 Å². The minimum Gasteiger partial charge on any atom is -0.255 e. The molecule has 6 rings (SSSR count). The predicted octanol–water partition coefficient (Wildman–Crippen LogP) is 11.4. The van der Waals surface area contributed by atoms with Gasteiger partial charge in [0.05, 0.1) is 11.4 Å². The molecule has 0 bridgehead atoms. The molecule has 0 aliphatic heterocycles. The first-order valence-corrected chi connectivity index (χ1v) is 16.0. The van der Waals surface area contributed by atoms with Gasteiger partial charge >= 0.3 is 0 Å². The fourth-order valence-electron chi connectivity index (χ4n) is 6.68. The lowest BCUT2D eigenvalue weighted by molar-refractivity contribution is 0.969. The van der Waals surface area contributed by atoms with Crippen LogP contribution in [0.4, 0.5) is 11.4 Å². The number of hydrogen-bond donors (Lipinski definition) is 0. The zero-order valence-corrected chi connectivity index (χ0v) is 27.1. The van der Waals surface area contributed by atoms with E-state index in [2.05, 4.69) is 173 Å². The third-order valence-corrected chi connectivity index (χ3v) is 8.58. The molecule has 0 radical (unpaired) electrons. The van der Waals surface area contributed by atoms with E-state index in [1.54, 1.807) is 0 Å². The van der Waals surface area contributed by atoms with Crippen molar-refractivity contribution in [1.82, 2.24) is 0 Å². The van der Waals surface area contributed by atoms with E-state index in [-0.39, 0.29) is 11.8 Å². The molecule has 0 N–H and O–H groups in total. The highest BCUT2D eigenvalue weighted by Crippen LogP contribution is 2.41. The molecule has 6 aromatic rings. The van der Waals surface area contributed by atoms with Crippen molar-refractivity contribution in [3.8, 4) is 0 Å². The summed E-state index contributed by atoms with van der Waals surface area (Å²) in [4.78, 5) is 10.2. The summed E-state index contributed by atoms with van der Waals surface area (Å²) < 4.78 is 0. The van der Waals surface area contributed by atoms with Crippen molar-refractivity contribution in [3.63, 3.8) is 0 Å². The molecule has 46 heavy (non-hydrogen) atoms. The van der Waals surface area contributed by atoms with Crippen LogP contribution < -0.4 is 0 Å². The number of hydrogen-bond acceptors (Lipinski definition) is 2. The number of rotatable bonds is 9. The van der Waals surface area contributed by atoms with Gasteiger partial charge in [0.15, 0.2) is 0 Å². The average molecular weight is 597 g/mol. The van der Waals surface area contributed by atoms with Gasteiger partial charge in [-0.2, -0.15) is 0 Å². The lowest BCUT2D eigenvalue weighted by Crippen LogP contribution is -2.05. The van der Waals surface area contributed by atoms with E-state index in [0.717, 1.165) is 22.5 Å². The second kappa shape index (κ2) is 14.2. The molecule has 0 unspecified atom stereocenters. The maximum atomic E-state index is 5.10. The molecule has 0 saturated heterocycles. The SMILES string of the molecule is Cc1cc(C)c(N=CC=Nc2c(C)cc(C)cc2C(c2ccccc2)c2ccccc2)c(C(c2ccccc2)c2ccccc2)c1. The molecule has 2 heteroatoms. The van der Waals surface area contributed by atoms with Crippen LogP contribution in [0.3, 0.4) is 0 Å². The molecule has 6 aromatic carbocycles. The highest BCUT2D eigenvalue weighted by molar-refractivity contribution is 6.17. The van der Waals surface area contributed by atoms with Crippen LogP contribution in [-0.2, 0) is 0 Å². The summed E-state index contributed by atoms with van der Waals surface area (Å²) in [7, 11) is 0. The normalized spacial score (nSPS) is 11.7. The van der Waals surface area contributed by atoms with Crippen LogP contribution in [0.5, 0.6) is 0 Å². The monoisotopic (exact) mass is 596 g/mol. The van der Waals surface area contributed by atoms with Crippen molar-refractivity contribution < 1.29 is 0 Å². The Labute approximate surface area is 273 Å². The first-order chi connectivity index (χ1) is 22.5. The summed E-state index contributed by atoms with van der Waals surface area (Å²) >= 11 is 0. The number of aryl methyl sites for hydroxylation is 4. The van der Waals surface area contributed by atoms with Gasteiger partial charge in [-0.1, -0.05) is 157 Å². The molecule has 0 aliphatic carbocycles. The van der Waals surface area contributed by atoms with Gasteiger partial charge in [0.2, 0.25) is 0 Å². The number of aliphatic imine (C=N–C) groups is 2. The first-order valence-electron chi connectivity index (χ1n) is 16.0. The predicted molar refractivity (Wildman–Crippen MR) is 196 cm³/mol. The molecule has 0 aliphatic rings. The lowest BCUT2D eigenvalue weighted by atomic mass is 9.83. The maximum Gasteiger partial charge on any atom is 0.0701 e. The smallest absolute Gasteiger partial charge is 0.0701 e. The van der Waals surface area contributed by atoms with Crippen LogP contribution in [0.2, 0.25) is 0 Å². The zero-order chi connectivity index (χ0) is 31.9. The quantitative estimate of drug-likeness (QED) is 0.117. The second-order valence-electron chi connectivity index (χ2n) is 12.1. The van der Waals surface area contributed by atoms with Gasteiger partial charge in [-0.05, 0) is 72.2 Å². The molecular formula is C44H40N2. The van der Waals surface area contributed by atoms with Gasteiger partial charge in [0.1, 0.15) is 0 Å². The molecule has 0 saturated carbocycles. The van der Waals surface area contributed by atoms with E-state index < -0.39 is 0 Å². The van der Waals surface area contributed by atoms with Gasteiger partial charge in [-0.15, -0.1) is 0 Å². The van der Waals surface area contributed by atoms with E-state index >= 15 is 0 Å². The van der Waals surface area contributed by atoms with E-state index in [9.17, 15) is 0 Å². The summed E-state index contributed by atoms with van der Waals surface area (Å²) in [5.41, 5.74) is 14.1. The summed E-state index contributed by atoms with van der Waals surface area (Å²) in [5, 5.41) is 0. The van der Waals surface area contributed by atoms with Crippen molar-refractivity contribution in [2.24, 2.45) is 9.98 Å². The lowest BCUT2D eigenvalue weighted by Gasteiger charge is -2.22. The highest BCUT2D eigenvalue weighted by atomic mass is 14.8. The molecule has 0 atom stereocenters. The van der Waals surface area contributed by atoms with Crippen LogP contribution in [0.1, 0.15) is 67.5 Å². The van der Waals surface area contributed by atoms with E-state index in [1.165, 1.54) is 44.5 Å². The summed E-state index contributed by atoms with van der Waals surface area (Å²) in [5.74, 6) is 0.127. The Balaban J connectivity index is 1.42. The summed E-state index contributed by atoms with van der Waals surface area (Å²) in [6.07, 6.45) is 3.72. The van der Waals surface area contributed by atoms with Crippen molar-refractivity contribution >= 4 is 23.8 Å². The standard InChI is InChI=1S/C44H40N2/c1-31-27-33(3)43(39(29-31)41(35-17-9-5-10-18-35)36-19-11-6-12-20-36)45-25-26-46-44-34(4)28-32(2)30-40(44)42(37-21-13-7-14-22-37)38-23-15-8-16-24-38/h5-30,41-42H,1-4H3. The Morgan fingerprint density at radius 1 is 0.391 bits per heavy atom. The molecule has 0 heterocycles. The Morgan fingerprint density at radius 2 is 0.674 bits per heavy atom. The van der Waals surface area contributed by atoms with Crippen molar-refractivity contribution in [2.45, 2.75) is 39.5 Å². The van der Waals surface area contributed by atoms with Gasteiger partial charge in [0.25, 0.3) is 0 Å². The van der Waals surface area contributed by atoms with Crippen LogP contribution in [0.15, 0.2) is 156 Å². The molecule has 0 aromatic heterocycles. The van der Waals surface area contributed by atoms with E-state index in [1.807, 2.05) is 12.4 Å². The molecule has 2 nitrogen and oxygen atoms in total. The van der Waals surface area contributed by atoms with Crippen LogP contribution in [0.25, 0.3) is 0 Å². The average Bonchev–Trinajstić information content (AvgIpc) is 3.07. The fourth-order valence-corrected chi connectivity index (χ4v) is 6.68. The third-order valence-electron chi connectivity index (χ3n) is 8.58.